The Morgan fingerprint density at radius 1 is 1.21 bits per heavy atom. The Hall–Kier alpha value is -2.67. The lowest BCUT2D eigenvalue weighted by Crippen LogP contribution is -2.34. The van der Waals surface area contributed by atoms with Crippen LogP contribution >= 0.6 is 15.9 Å². The zero-order chi connectivity index (χ0) is 20.5. The number of carbonyl (C=O) groups excluding carboxylic acids is 3. The van der Waals surface area contributed by atoms with Crippen LogP contribution in [0.5, 0.6) is 0 Å². The van der Waals surface area contributed by atoms with Gasteiger partial charge in [-0.15, -0.1) is 0 Å². The van der Waals surface area contributed by atoms with Gasteiger partial charge >= 0.3 is 0 Å². The predicted octanol–water partition coefficient (Wildman–Crippen LogP) is 3.56. The molecule has 7 heteroatoms. The molecule has 2 atom stereocenters. The lowest BCUT2D eigenvalue weighted by Gasteiger charge is -2.22. The Kier molecular flexibility index (Phi) is 5.41. The van der Waals surface area contributed by atoms with Gasteiger partial charge in [0.2, 0.25) is 17.7 Å². The first-order chi connectivity index (χ1) is 13.9. The second kappa shape index (κ2) is 7.99. The minimum Gasteiger partial charge on any atom is -0.349 e. The SMILES string of the molecule is CC(NC(=O)C1CC(=O)N(c2ccccc2Br)C1)c1ccc2c(c1)CCC(=O)N2. The van der Waals surface area contributed by atoms with Crippen molar-refractivity contribution in [1.82, 2.24) is 5.32 Å². The van der Waals surface area contributed by atoms with Crippen LogP contribution in [0.3, 0.4) is 0 Å². The Morgan fingerprint density at radius 2 is 2.00 bits per heavy atom. The van der Waals surface area contributed by atoms with Crippen LogP contribution < -0.4 is 15.5 Å². The number of hydrogen-bond donors (Lipinski definition) is 2. The molecule has 3 amide bonds. The summed E-state index contributed by atoms with van der Waals surface area (Å²) in [4.78, 5) is 38.5. The summed E-state index contributed by atoms with van der Waals surface area (Å²) in [7, 11) is 0. The summed E-state index contributed by atoms with van der Waals surface area (Å²) in [5.41, 5.74) is 3.70. The van der Waals surface area contributed by atoms with E-state index in [4.69, 9.17) is 0 Å². The number of fused-ring (bicyclic) bond motifs is 1. The predicted molar refractivity (Wildman–Crippen MR) is 115 cm³/mol. The third kappa shape index (κ3) is 4.05. The standard InChI is InChI=1S/C22H22BrN3O3/c1-13(14-6-8-18-15(10-14)7-9-20(27)25-18)24-22(29)16-11-21(28)26(12-16)19-5-3-2-4-17(19)23/h2-6,8,10,13,16H,7,9,11-12H2,1H3,(H,24,29)(H,25,27). The molecule has 0 aromatic heterocycles. The Balaban J connectivity index is 1.42. The van der Waals surface area contributed by atoms with E-state index in [9.17, 15) is 14.4 Å². The van der Waals surface area contributed by atoms with Gasteiger partial charge in [0.15, 0.2) is 0 Å². The smallest absolute Gasteiger partial charge is 0.227 e. The van der Waals surface area contributed by atoms with E-state index in [0.29, 0.717) is 19.4 Å². The molecule has 0 saturated carbocycles. The summed E-state index contributed by atoms with van der Waals surface area (Å²) in [6.45, 7) is 2.31. The molecular weight excluding hydrogens is 434 g/mol. The van der Waals surface area contributed by atoms with Crippen molar-refractivity contribution in [2.24, 2.45) is 5.92 Å². The van der Waals surface area contributed by atoms with E-state index < -0.39 is 0 Å². The maximum absolute atomic E-state index is 12.8. The van der Waals surface area contributed by atoms with Gasteiger partial charge in [-0.2, -0.15) is 0 Å². The van der Waals surface area contributed by atoms with Crippen LogP contribution in [0, 0.1) is 5.92 Å². The number of carbonyl (C=O) groups is 3. The zero-order valence-corrected chi connectivity index (χ0v) is 17.7. The summed E-state index contributed by atoms with van der Waals surface area (Å²) in [5, 5.41) is 5.91. The van der Waals surface area contributed by atoms with Gasteiger partial charge in [0.05, 0.1) is 17.6 Å². The number of amides is 3. The molecule has 4 rings (SSSR count). The molecule has 2 N–H and O–H groups in total. The molecule has 2 aliphatic rings. The zero-order valence-electron chi connectivity index (χ0n) is 16.1. The van der Waals surface area contributed by atoms with E-state index >= 15 is 0 Å². The summed E-state index contributed by atoms with van der Waals surface area (Å²) < 4.78 is 0.837. The van der Waals surface area contributed by atoms with Crippen molar-refractivity contribution >= 4 is 45.0 Å². The van der Waals surface area contributed by atoms with Gasteiger partial charge in [0.1, 0.15) is 0 Å². The molecule has 2 aromatic carbocycles. The summed E-state index contributed by atoms with van der Waals surface area (Å²) in [6, 6.07) is 13.2. The third-order valence-electron chi connectivity index (χ3n) is 5.52. The highest BCUT2D eigenvalue weighted by Gasteiger charge is 2.36. The van der Waals surface area contributed by atoms with Crippen LogP contribution in [-0.2, 0) is 20.8 Å². The monoisotopic (exact) mass is 455 g/mol. The molecule has 2 unspecified atom stereocenters. The summed E-state index contributed by atoms with van der Waals surface area (Å²) in [5.74, 6) is -0.512. The first-order valence-electron chi connectivity index (χ1n) is 9.70. The van der Waals surface area contributed by atoms with Gasteiger partial charge in [-0.3, -0.25) is 14.4 Å². The minimum absolute atomic E-state index is 0.0344. The number of para-hydroxylation sites is 1. The number of rotatable bonds is 4. The molecule has 0 spiro atoms. The van der Waals surface area contributed by atoms with Crippen LogP contribution in [0.2, 0.25) is 0 Å². The van der Waals surface area contributed by atoms with Crippen LogP contribution in [0.25, 0.3) is 0 Å². The van der Waals surface area contributed by atoms with Gasteiger partial charge in [0, 0.05) is 29.5 Å². The van der Waals surface area contributed by atoms with Crippen molar-refractivity contribution in [3.8, 4) is 0 Å². The fourth-order valence-electron chi connectivity index (χ4n) is 3.87. The van der Waals surface area contributed by atoms with Gasteiger partial charge in [0.25, 0.3) is 0 Å². The molecule has 2 aromatic rings. The number of hydrogen-bond acceptors (Lipinski definition) is 3. The average molecular weight is 456 g/mol. The van der Waals surface area contributed by atoms with Crippen LogP contribution in [0.4, 0.5) is 11.4 Å². The van der Waals surface area contributed by atoms with E-state index in [1.54, 1.807) is 4.90 Å². The largest absolute Gasteiger partial charge is 0.349 e. The van der Waals surface area contributed by atoms with E-state index in [0.717, 1.165) is 27.0 Å². The molecular formula is C22H22BrN3O3. The summed E-state index contributed by atoms with van der Waals surface area (Å²) >= 11 is 3.47. The van der Waals surface area contributed by atoms with Crippen molar-refractivity contribution in [1.29, 1.82) is 0 Å². The third-order valence-corrected chi connectivity index (χ3v) is 6.19. The molecule has 0 aliphatic carbocycles. The van der Waals surface area contributed by atoms with Crippen molar-refractivity contribution in [3.63, 3.8) is 0 Å². The lowest BCUT2D eigenvalue weighted by molar-refractivity contribution is -0.126. The molecule has 0 bridgehead atoms. The second-order valence-corrected chi connectivity index (χ2v) is 8.41. The first kappa shape index (κ1) is 19.6. The first-order valence-corrected chi connectivity index (χ1v) is 10.5. The Labute approximate surface area is 177 Å². The quantitative estimate of drug-likeness (QED) is 0.739. The van der Waals surface area contributed by atoms with Crippen LogP contribution in [-0.4, -0.2) is 24.3 Å². The fraction of sp³-hybridized carbons (Fsp3) is 0.318. The topological polar surface area (TPSA) is 78.5 Å². The summed E-state index contributed by atoms with van der Waals surface area (Å²) in [6.07, 6.45) is 1.38. The Bertz CT molecular complexity index is 991. The molecule has 150 valence electrons. The lowest BCUT2D eigenvalue weighted by atomic mass is 9.97. The number of halogens is 1. The molecule has 6 nitrogen and oxygen atoms in total. The Morgan fingerprint density at radius 3 is 2.79 bits per heavy atom. The highest BCUT2D eigenvalue weighted by Crippen LogP contribution is 2.32. The van der Waals surface area contributed by atoms with E-state index in [1.165, 1.54) is 0 Å². The number of benzene rings is 2. The highest BCUT2D eigenvalue weighted by atomic mass is 79.9. The number of anilines is 2. The average Bonchev–Trinajstić information content (AvgIpc) is 3.09. The van der Waals surface area contributed by atoms with E-state index in [2.05, 4.69) is 26.6 Å². The van der Waals surface area contributed by atoms with E-state index in [-0.39, 0.29) is 36.1 Å². The molecule has 2 heterocycles. The van der Waals surface area contributed by atoms with Gasteiger partial charge in [-0.1, -0.05) is 24.3 Å². The molecule has 0 radical (unpaired) electrons. The van der Waals surface area contributed by atoms with Crippen molar-refractivity contribution < 1.29 is 14.4 Å². The second-order valence-electron chi connectivity index (χ2n) is 7.55. The number of nitrogens with one attached hydrogen (secondary N) is 2. The maximum atomic E-state index is 12.8. The van der Waals surface area contributed by atoms with Crippen LogP contribution in [0.1, 0.15) is 36.9 Å². The number of nitrogens with zero attached hydrogens (tertiary/aromatic N) is 1. The van der Waals surface area contributed by atoms with E-state index in [1.807, 2.05) is 49.4 Å². The van der Waals surface area contributed by atoms with Gasteiger partial charge < -0.3 is 15.5 Å². The van der Waals surface area contributed by atoms with Crippen molar-refractivity contribution in [2.75, 3.05) is 16.8 Å². The van der Waals surface area contributed by atoms with Gasteiger partial charge in [-0.05, 0) is 58.6 Å². The molecule has 1 fully saturated rings. The molecule has 2 aliphatic heterocycles. The highest BCUT2D eigenvalue weighted by molar-refractivity contribution is 9.10. The van der Waals surface area contributed by atoms with Crippen LogP contribution in [0.15, 0.2) is 46.9 Å². The van der Waals surface area contributed by atoms with Crippen molar-refractivity contribution in [2.45, 2.75) is 32.2 Å². The fourth-order valence-corrected chi connectivity index (χ4v) is 4.37. The molecule has 1 saturated heterocycles. The maximum Gasteiger partial charge on any atom is 0.227 e. The normalized spacial score (nSPS) is 19.5. The van der Waals surface area contributed by atoms with Gasteiger partial charge in [-0.25, -0.2) is 0 Å². The minimum atomic E-state index is -0.381. The molecule has 29 heavy (non-hydrogen) atoms. The van der Waals surface area contributed by atoms with Crippen molar-refractivity contribution in [3.05, 3.63) is 58.1 Å². The number of aryl methyl sites for hydroxylation is 1.